The molecule has 0 aliphatic carbocycles. The van der Waals surface area contributed by atoms with Crippen LogP contribution < -0.4 is 5.32 Å². The van der Waals surface area contributed by atoms with Crippen LogP contribution in [0.4, 0.5) is 0 Å². The van der Waals surface area contributed by atoms with Gasteiger partial charge in [0.05, 0.1) is 6.04 Å². The summed E-state index contributed by atoms with van der Waals surface area (Å²) in [5.74, 6) is 0.442. The number of carbonyl (C=O) groups is 1. The van der Waals surface area contributed by atoms with Crippen LogP contribution >= 0.6 is 0 Å². The van der Waals surface area contributed by atoms with Gasteiger partial charge in [-0.1, -0.05) is 18.2 Å². The zero-order chi connectivity index (χ0) is 17.6. The summed E-state index contributed by atoms with van der Waals surface area (Å²) in [6, 6.07) is 13.1. The molecule has 0 fully saturated rings. The fourth-order valence-corrected chi connectivity index (χ4v) is 2.28. The van der Waals surface area contributed by atoms with Crippen LogP contribution in [0.3, 0.4) is 0 Å². The topological polar surface area (TPSA) is 85.6 Å². The number of nitrogens with zero attached hydrogens (tertiary/aromatic N) is 5. The van der Waals surface area contributed by atoms with E-state index in [1.807, 2.05) is 44.2 Å². The maximum Gasteiger partial charge on any atom is 0.251 e. The Labute approximate surface area is 146 Å². The van der Waals surface area contributed by atoms with Gasteiger partial charge in [0.15, 0.2) is 0 Å². The lowest BCUT2D eigenvalue weighted by Crippen LogP contribution is -2.25. The Morgan fingerprint density at radius 1 is 1.16 bits per heavy atom. The molecule has 1 amide bonds. The standard InChI is InChI=1S/C18H20N6O/c1-13(2)24-22-17(21-23-24)14-6-8-15(9-7-14)18(25)20-12-10-16-5-3-4-11-19-16/h3-9,11,13H,10,12H2,1-2H3,(H,20,25). The molecule has 1 aromatic carbocycles. The van der Waals surface area contributed by atoms with Crippen LogP contribution in [-0.4, -0.2) is 37.6 Å². The molecule has 3 rings (SSSR count). The van der Waals surface area contributed by atoms with Gasteiger partial charge in [0.2, 0.25) is 5.82 Å². The van der Waals surface area contributed by atoms with E-state index in [4.69, 9.17) is 0 Å². The van der Waals surface area contributed by atoms with Gasteiger partial charge in [-0.25, -0.2) is 0 Å². The fourth-order valence-electron chi connectivity index (χ4n) is 2.28. The van der Waals surface area contributed by atoms with E-state index < -0.39 is 0 Å². The Morgan fingerprint density at radius 2 is 1.96 bits per heavy atom. The quantitative estimate of drug-likeness (QED) is 0.746. The summed E-state index contributed by atoms with van der Waals surface area (Å²) in [5, 5.41) is 15.3. The highest BCUT2D eigenvalue weighted by molar-refractivity contribution is 5.94. The van der Waals surface area contributed by atoms with Gasteiger partial charge in [0.1, 0.15) is 0 Å². The first-order valence-corrected chi connectivity index (χ1v) is 8.21. The van der Waals surface area contributed by atoms with Crippen molar-refractivity contribution in [3.8, 4) is 11.4 Å². The average Bonchev–Trinajstić information content (AvgIpc) is 3.13. The summed E-state index contributed by atoms with van der Waals surface area (Å²) in [7, 11) is 0. The molecule has 0 saturated heterocycles. The number of hydrogen-bond donors (Lipinski definition) is 1. The molecule has 3 aromatic rings. The summed E-state index contributed by atoms with van der Waals surface area (Å²) in [6.07, 6.45) is 2.45. The van der Waals surface area contributed by atoms with Crippen LogP contribution in [0.15, 0.2) is 48.7 Å². The van der Waals surface area contributed by atoms with Crippen LogP contribution in [-0.2, 0) is 6.42 Å². The Morgan fingerprint density at radius 3 is 2.60 bits per heavy atom. The van der Waals surface area contributed by atoms with Crippen LogP contribution in [0.5, 0.6) is 0 Å². The van der Waals surface area contributed by atoms with Gasteiger partial charge >= 0.3 is 0 Å². The lowest BCUT2D eigenvalue weighted by molar-refractivity contribution is 0.0954. The highest BCUT2D eigenvalue weighted by Gasteiger charge is 2.10. The predicted octanol–water partition coefficient (Wildman–Crippen LogP) is 2.29. The minimum Gasteiger partial charge on any atom is -0.352 e. The lowest BCUT2D eigenvalue weighted by Gasteiger charge is -2.05. The summed E-state index contributed by atoms with van der Waals surface area (Å²) in [4.78, 5) is 18.0. The van der Waals surface area contributed by atoms with Crippen LogP contribution in [0.25, 0.3) is 11.4 Å². The van der Waals surface area contributed by atoms with E-state index >= 15 is 0 Å². The third-order valence-corrected chi connectivity index (χ3v) is 3.69. The number of pyridine rings is 1. The molecule has 0 aliphatic rings. The van der Waals surface area contributed by atoms with Gasteiger partial charge in [0, 0.05) is 36.0 Å². The molecule has 0 saturated carbocycles. The Balaban J connectivity index is 1.58. The number of nitrogens with one attached hydrogen (secondary N) is 1. The molecular formula is C18H20N6O. The van der Waals surface area contributed by atoms with Crippen molar-refractivity contribution >= 4 is 5.91 Å². The van der Waals surface area contributed by atoms with E-state index in [0.717, 1.165) is 11.3 Å². The van der Waals surface area contributed by atoms with Crippen molar-refractivity contribution in [1.82, 2.24) is 30.5 Å². The summed E-state index contributed by atoms with van der Waals surface area (Å²) >= 11 is 0. The van der Waals surface area contributed by atoms with Gasteiger partial charge in [-0.15, -0.1) is 10.2 Å². The third-order valence-electron chi connectivity index (χ3n) is 3.69. The molecule has 0 spiro atoms. The molecule has 0 atom stereocenters. The van der Waals surface area contributed by atoms with Crippen LogP contribution in [0, 0.1) is 0 Å². The normalized spacial score (nSPS) is 10.8. The summed E-state index contributed by atoms with van der Waals surface area (Å²) < 4.78 is 0. The van der Waals surface area contributed by atoms with Crippen molar-refractivity contribution in [3.05, 3.63) is 59.9 Å². The highest BCUT2D eigenvalue weighted by Crippen LogP contribution is 2.15. The van der Waals surface area contributed by atoms with Crippen molar-refractivity contribution in [2.24, 2.45) is 0 Å². The van der Waals surface area contributed by atoms with E-state index in [1.54, 1.807) is 23.1 Å². The first-order valence-electron chi connectivity index (χ1n) is 8.21. The predicted molar refractivity (Wildman–Crippen MR) is 93.9 cm³/mol. The zero-order valence-corrected chi connectivity index (χ0v) is 14.3. The Hall–Kier alpha value is -3.09. The number of amides is 1. The smallest absolute Gasteiger partial charge is 0.251 e. The second kappa shape index (κ2) is 7.65. The molecule has 25 heavy (non-hydrogen) atoms. The molecule has 0 unspecified atom stereocenters. The molecule has 2 heterocycles. The number of rotatable bonds is 6. The van der Waals surface area contributed by atoms with Crippen LogP contribution in [0.2, 0.25) is 0 Å². The largest absolute Gasteiger partial charge is 0.352 e. The highest BCUT2D eigenvalue weighted by atomic mass is 16.1. The van der Waals surface area contributed by atoms with E-state index in [-0.39, 0.29) is 11.9 Å². The van der Waals surface area contributed by atoms with Crippen molar-refractivity contribution in [3.63, 3.8) is 0 Å². The van der Waals surface area contributed by atoms with E-state index in [2.05, 4.69) is 25.7 Å². The first kappa shape index (κ1) is 16.8. The molecule has 128 valence electrons. The third kappa shape index (κ3) is 4.26. The molecule has 0 radical (unpaired) electrons. The first-order chi connectivity index (χ1) is 12.1. The molecule has 1 N–H and O–H groups in total. The van der Waals surface area contributed by atoms with Crippen molar-refractivity contribution in [1.29, 1.82) is 0 Å². The molecule has 0 aliphatic heterocycles. The van der Waals surface area contributed by atoms with Gasteiger partial charge in [-0.3, -0.25) is 9.78 Å². The van der Waals surface area contributed by atoms with Gasteiger partial charge in [-0.2, -0.15) is 4.80 Å². The minimum atomic E-state index is -0.110. The van der Waals surface area contributed by atoms with Crippen molar-refractivity contribution in [2.75, 3.05) is 6.54 Å². The maximum atomic E-state index is 12.2. The van der Waals surface area contributed by atoms with Crippen LogP contribution in [0.1, 0.15) is 35.9 Å². The maximum absolute atomic E-state index is 12.2. The van der Waals surface area contributed by atoms with Crippen molar-refractivity contribution in [2.45, 2.75) is 26.3 Å². The molecule has 0 bridgehead atoms. The summed E-state index contributed by atoms with van der Waals surface area (Å²) in [5.41, 5.74) is 2.38. The van der Waals surface area contributed by atoms with E-state index in [0.29, 0.717) is 24.4 Å². The molecule has 7 heteroatoms. The lowest BCUT2D eigenvalue weighted by atomic mass is 10.1. The Bertz CT molecular complexity index is 826. The van der Waals surface area contributed by atoms with Gasteiger partial charge in [-0.05, 0) is 43.3 Å². The minimum absolute atomic E-state index is 0.110. The van der Waals surface area contributed by atoms with E-state index in [1.165, 1.54) is 0 Å². The SMILES string of the molecule is CC(C)n1nnc(-c2ccc(C(=O)NCCc3ccccn3)cc2)n1. The molecular weight excluding hydrogens is 316 g/mol. The summed E-state index contributed by atoms with van der Waals surface area (Å²) in [6.45, 7) is 4.52. The molecule has 7 nitrogen and oxygen atoms in total. The van der Waals surface area contributed by atoms with E-state index in [9.17, 15) is 4.79 Å². The van der Waals surface area contributed by atoms with Gasteiger partial charge in [0.25, 0.3) is 5.91 Å². The number of aromatic nitrogens is 5. The number of tetrazole rings is 1. The average molecular weight is 336 g/mol. The Kier molecular flexibility index (Phi) is 5.13. The molecule has 2 aromatic heterocycles. The fraction of sp³-hybridized carbons (Fsp3) is 0.278. The second-order valence-electron chi connectivity index (χ2n) is 5.93. The zero-order valence-electron chi connectivity index (χ0n) is 14.3. The van der Waals surface area contributed by atoms with Crippen molar-refractivity contribution < 1.29 is 4.79 Å². The monoisotopic (exact) mass is 336 g/mol. The van der Waals surface area contributed by atoms with Gasteiger partial charge < -0.3 is 5.32 Å². The number of benzene rings is 1. The number of carbonyl (C=O) groups excluding carboxylic acids is 1. The number of hydrogen-bond acceptors (Lipinski definition) is 5. The second-order valence-corrected chi connectivity index (χ2v) is 5.93.